The number of para-hydroxylation sites is 1. The van der Waals surface area contributed by atoms with Crippen LogP contribution in [0.2, 0.25) is 0 Å². The molecule has 1 heterocycles. The van der Waals surface area contributed by atoms with Crippen LogP contribution in [-0.2, 0) is 12.1 Å². The molecule has 4 aliphatic carbocycles. The van der Waals surface area contributed by atoms with E-state index in [4.69, 9.17) is 21.7 Å². The summed E-state index contributed by atoms with van der Waals surface area (Å²) in [5.41, 5.74) is 1.51. The first-order valence-electron chi connectivity index (χ1n) is 9.47. The molecule has 0 saturated heterocycles. The molecule has 4 saturated carbocycles. The Labute approximate surface area is 158 Å². The summed E-state index contributed by atoms with van der Waals surface area (Å²) in [6.07, 6.45) is 7.81. The second-order valence-corrected chi connectivity index (χ2v) is 8.71. The Morgan fingerprint density at radius 3 is 2.50 bits per heavy atom. The van der Waals surface area contributed by atoms with Crippen LogP contribution in [0.1, 0.15) is 50.0 Å². The highest BCUT2D eigenvalue weighted by atomic mass is 32.1. The van der Waals surface area contributed by atoms with Crippen LogP contribution in [0.25, 0.3) is 0 Å². The minimum Gasteiger partial charge on any atom is -0.413 e. The molecule has 4 bridgehead atoms. The van der Waals surface area contributed by atoms with Gasteiger partial charge in [-0.1, -0.05) is 12.1 Å². The SMILES string of the molecule is N#Cc1ccccc1NCn1nc(C23CC4CC(CC(C4)C2)C3)oc1=S. The molecule has 1 aromatic heterocycles. The van der Waals surface area contributed by atoms with Crippen molar-refractivity contribution >= 4 is 17.9 Å². The van der Waals surface area contributed by atoms with Gasteiger partial charge >= 0.3 is 0 Å². The molecule has 4 aliphatic rings. The average molecular weight is 366 g/mol. The fourth-order valence-electron chi connectivity index (χ4n) is 5.89. The highest BCUT2D eigenvalue weighted by Crippen LogP contribution is 2.60. The minimum absolute atomic E-state index is 0.109. The first-order valence-corrected chi connectivity index (χ1v) is 9.87. The van der Waals surface area contributed by atoms with Crippen LogP contribution in [0, 0.1) is 33.9 Å². The summed E-state index contributed by atoms with van der Waals surface area (Å²) < 4.78 is 7.73. The predicted molar refractivity (Wildman–Crippen MR) is 100.0 cm³/mol. The quantitative estimate of drug-likeness (QED) is 0.800. The monoisotopic (exact) mass is 366 g/mol. The summed E-state index contributed by atoms with van der Waals surface area (Å²) in [5.74, 6) is 3.37. The molecule has 1 aromatic carbocycles. The van der Waals surface area contributed by atoms with Crippen LogP contribution in [0.15, 0.2) is 28.7 Å². The fraction of sp³-hybridized carbons (Fsp3) is 0.550. The number of nitrogens with zero attached hydrogens (tertiary/aromatic N) is 3. The van der Waals surface area contributed by atoms with Crippen LogP contribution in [0.5, 0.6) is 0 Å². The molecule has 26 heavy (non-hydrogen) atoms. The van der Waals surface area contributed by atoms with Crippen LogP contribution in [0.4, 0.5) is 5.69 Å². The van der Waals surface area contributed by atoms with Crippen molar-refractivity contribution in [2.24, 2.45) is 17.8 Å². The summed E-state index contributed by atoms with van der Waals surface area (Å²) >= 11 is 5.43. The summed E-state index contributed by atoms with van der Waals surface area (Å²) in [4.78, 5) is 0.415. The highest BCUT2D eigenvalue weighted by molar-refractivity contribution is 7.71. The maximum atomic E-state index is 9.22. The Kier molecular flexibility index (Phi) is 3.68. The zero-order chi connectivity index (χ0) is 17.7. The van der Waals surface area contributed by atoms with Crippen molar-refractivity contribution in [2.75, 3.05) is 5.32 Å². The number of nitriles is 1. The molecule has 6 rings (SSSR count). The zero-order valence-corrected chi connectivity index (χ0v) is 15.5. The number of anilines is 1. The van der Waals surface area contributed by atoms with E-state index in [1.165, 1.54) is 38.5 Å². The number of hydrogen-bond acceptors (Lipinski definition) is 5. The van der Waals surface area contributed by atoms with Gasteiger partial charge in [0.25, 0.3) is 4.84 Å². The molecule has 0 spiro atoms. The number of benzene rings is 1. The maximum absolute atomic E-state index is 9.22. The summed E-state index contributed by atoms with van der Waals surface area (Å²) in [5, 5.41) is 17.2. The molecule has 0 radical (unpaired) electrons. The Bertz CT molecular complexity index is 902. The number of nitrogens with one attached hydrogen (secondary N) is 1. The lowest BCUT2D eigenvalue weighted by Gasteiger charge is -2.55. The summed E-state index contributed by atoms with van der Waals surface area (Å²) in [6, 6.07) is 9.65. The van der Waals surface area contributed by atoms with Crippen molar-refractivity contribution in [2.45, 2.75) is 50.6 Å². The minimum atomic E-state index is 0.109. The van der Waals surface area contributed by atoms with Crippen molar-refractivity contribution in [1.82, 2.24) is 9.78 Å². The number of aromatic nitrogens is 2. The van der Waals surface area contributed by atoms with Crippen molar-refractivity contribution in [1.29, 1.82) is 5.26 Å². The van der Waals surface area contributed by atoms with Crippen LogP contribution >= 0.6 is 12.2 Å². The van der Waals surface area contributed by atoms with E-state index in [-0.39, 0.29) is 5.41 Å². The van der Waals surface area contributed by atoms with Gasteiger partial charge in [0.05, 0.1) is 11.3 Å². The first-order chi connectivity index (χ1) is 12.6. The van der Waals surface area contributed by atoms with Gasteiger partial charge in [-0.25, -0.2) is 4.68 Å². The third-order valence-electron chi connectivity index (χ3n) is 6.56. The van der Waals surface area contributed by atoms with Crippen LogP contribution in [-0.4, -0.2) is 9.78 Å². The Balaban J connectivity index is 1.39. The molecular formula is C20H22N4OS. The van der Waals surface area contributed by atoms with Gasteiger partial charge in [-0.2, -0.15) is 5.26 Å². The van der Waals surface area contributed by atoms with Gasteiger partial charge in [-0.05, 0) is 80.6 Å². The molecule has 5 nitrogen and oxygen atoms in total. The smallest absolute Gasteiger partial charge is 0.288 e. The molecule has 2 aromatic rings. The van der Waals surface area contributed by atoms with E-state index < -0.39 is 0 Å². The van der Waals surface area contributed by atoms with Gasteiger partial charge in [0.1, 0.15) is 12.7 Å². The van der Waals surface area contributed by atoms with Gasteiger partial charge < -0.3 is 9.73 Å². The van der Waals surface area contributed by atoms with Gasteiger partial charge in [-0.15, -0.1) is 5.10 Å². The summed E-state index contributed by atoms with van der Waals surface area (Å²) in [6.45, 7) is 0.410. The highest BCUT2D eigenvalue weighted by Gasteiger charge is 2.54. The van der Waals surface area contributed by atoms with Crippen molar-refractivity contribution in [3.8, 4) is 6.07 Å². The van der Waals surface area contributed by atoms with Crippen LogP contribution in [0.3, 0.4) is 0 Å². The predicted octanol–water partition coefficient (Wildman–Crippen LogP) is 4.61. The molecule has 134 valence electrons. The van der Waals surface area contributed by atoms with E-state index in [0.717, 1.165) is 29.3 Å². The van der Waals surface area contributed by atoms with E-state index in [2.05, 4.69) is 11.4 Å². The third kappa shape index (κ3) is 2.57. The van der Waals surface area contributed by atoms with E-state index in [0.29, 0.717) is 17.1 Å². The van der Waals surface area contributed by atoms with E-state index in [1.807, 2.05) is 18.2 Å². The van der Waals surface area contributed by atoms with Crippen molar-refractivity contribution in [3.63, 3.8) is 0 Å². The summed E-state index contributed by atoms with van der Waals surface area (Å²) in [7, 11) is 0. The largest absolute Gasteiger partial charge is 0.413 e. The maximum Gasteiger partial charge on any atom is 0.288 e. The third-order valence-corrected chi connectivity index (χ3v) is 6.86. The lowest BCUT2D eigenvalue weighted by Crippen LogP contribution is -2.48. The Morgan fingerprint density at radius 2 is 1.85 bits per heavy atom. The normalized spacial score (nSPS) is 31.7. The van der Waals surface area contributed by atoms with E-state index in [9.17, 15) is 5.26 Å². The molecule has 4 fully saturated rings. The van der Waals surface area contributed by atoms with Gasteiger partial charge in [-0.3, -0.25) is 0 Å². The first kappa shape index (κ1) is 16.1. The molecular weight excluding hydrogens is 344 g/mol. The average Bonchev–Trinajstić information content (AvgIpc) is 3.01. The molecule has 6 heteroatoms. The molecule has 0 unspecified atom stereocenters. The standard InChI is InChI=1S/C20H22N4OS/c21-11-16-3-1-2-4-17(16)22-12-24-19(26)25-18(23-24)20-8-13-5-14(9-20)7-15(6-13)10-20/h1-4,13-15,22H,5-10,12H2. The van der Waals surface area contributed by atoms with Crippen LogP contribution < -0.4 is 5.32 Å². The molecule has 0 aliphatic heterocycles. The van der Waals surface area contributed by atoms with Gasteiger partial charge in [0.15, 0.2) is 0 Å². The number of rotatable bonds is 4. The van der Waals surface area contributed by atoms with Gasteiger partial charge in [0.2, 0.25) is 5.89 Å². The molecule has 1 N–H and O–H groups in total. The van der Waals surface area contributed by atoms with Crippen molar-refractivity contribution < 1.29 is 4.42 Å². The van der Waals surface area contributed by atoms with Gasteiger partial charge in [0, 0.05) is 5.41 Å². The number of hydrogen-bond donors (Lipinski definition) is 1. The lowest BCUT2D eigenvalue weighted by molar-refractivity contribution is -0.0181. The van der Waals surface area contributed by atoms with E-state index >= 15 is 0 Å². The second-order valence-electron chi connectivity index (χ2n) is 8.36. The zero-order valence-electron chi connectivity index (χ0n) is 14.6. The topological polar surface area (TPSA) is 66.8 Å². The molecule has 0 atom stereocenters. The van der Waals surface area contributed by atoms with Crippen molar-refractivity contribution in [3.05, 3.63) is 40.6 Å². The Hall–Kier alpha value is -2.13. The fourth-order valence-corrected chi connectivity index (χ4v) is 6.07. The molecule has 0 amide bonds. The Morgan fingerprint density at radius 1 is 1.19 bits per heavy atom. The van der Waals surface area contributed by atoms with E-state index in [1.54, 1.807) is 10.7 Å². The lowest BCUT2D eigenvalue weighted by atomic mass is 9.49. The second kappa shape index (κ2) is 5.95.